The third kappa shape index (κ3) is 5.90. The zero-order valence-corrected chi connectivity index (χ0v) is 16.0. The number of rotatable bonds is 6. The lowest BCUT2D eigenvalue weighted by Gasteiger charge is -2.36. The number of halogens is 5. The maximum absolute atomic E-state index is 13.7. The van der Waals surface area contributed by atoms with Crippen LogP contribution in [0.4, 0.5) is 22.0 Å². The van der Waals surface area contributed by atoms with Crippen molar-refractivity contribution >= 4 is 0 Å². The molecule has 1 unspecified atom stereocenters. The van der Waals surface area contributed by atoms with Crippen LogP contribution in [-0.4, -0.2) is 17.9 Å². The lowest BCUT2D eigenvalue weighted by atomic mass is 9.97. The minimum Gasteiger partial charge on any atom is -0.405 e. The first-order valence-corrected chi connectivity index (χ1v) is 9.45. The molecule has 1 fully saturated rings. The highest BCUT2D eigenvalue weighted by Crippen LogP contribution is 2.34. The van der Waals surface area contributed by atoms with E-state index in [1.54, 1.807) is 0 Å². The average Bonchev–Trinajstić information content (AvgIpc) is 2.66. The first kappa shape index (κ1) is 21.5. The van der Waals surface area contributed by atoms with E-state index < -0.39 is 18.0 Å². The van der Waals surface area contributed by atoms with E-state index in [4.69, 9.17) is 0 Å². The second-order valence-electron chi connectivity index (χ2n) is 7.21. The van der Waals surface area contributed by atoms with Crippen LogP contribution >= 0.6 is 0 Å². The lowest BCUT2D eigenvalue weighted by molar-refractivity contribution is -0.275. The number of hydrazine groups is 1. The van der Waals surface area contributed by atoms with Crippen molar-refractivity contribution in [2.75, 3.05) is 6.54 Å². The molecule has 1 N–H and O–H groups in total. The van der Waals surface area contributed by atoms with Crippen molar-refractivity contribution < 1.29 is 26.7 Å². The van der Waals surface area contributed by atoms with Crippen LogP contribution in [0.15, 0.2) is 48.5 Å². The van der Waals surface area contributed by atoms with Gasteiger partial charge >= 0.3 is 6.36 Å². The van der Waals surface area contributed by atoms with Gasteiger partial charge in [-0.1, -0.05) is 36.8 Å². The first-order valence-electron chi connectivity index (χ1n) is 9.45. The molecule has 29 heavy (non-hydrogen) atoms. The number of ether oxygens (including phenoxy) is 1. The summed E-state index contributed by atoms with van der Waals surface area (Å²) < 4.78 is 69.6. The first-order chi connectivity index (χ1) is 13.6. The molecule has 2 aromatic rings. The highest BCUT2D eigenvalue weighted by molar-refractivity contribution is 5.39. The third-order valence-electron chi connectivity index (χ3n) is 4.95. The molecule has 158 valence electrons. The van der Waals surface area contributed by atoms with Gasteiger partial charge in [0.25, 0.3) is 5.92 Å². The molecule has 0 saturated carbocycles. The Morgan fingerprint density at radius 3 is 2.41 bits per heavy atom. The Hall–Kier alpha value is -2.19. The number of nitrogens with one attached hydrogen (secondary N) is 1. The quantitative estimate of drug-likeness (QED) is 0.593. The Morgan fingerprint density at radius 2 is 1.76 bits per heavy atom. The normalized spacial score (nSPS) is 18.6. The van der Waals surface area contributed by atoms with E-state index in [-0.39, 0.29) is 23.7 Å². The molecular formula is C21H23F5N2O. The molecule has 0 aliphatic carbocycles. The maximum Gasteiger partial charge on any atom is 0.573 e. The number of piperidine rings is 1. The number of nitrogens with zero attached hydrogens (tertiary/aromatic N) is 1. The van der Waals surface area contributed by atoms with E-state index in [0.717, 1.165) is 43.0 Å². The summed E-state index contributed by atoms with van der Waals surface area (Å²) in [6, 6.07) is 12.8. The fourth-order valence-corrected chi connectivity index (χ4v) is 3.54. The van der Waals surface area contributed by atoms with Crippen LogP contribution in [-0.2, 0) is 12.5 Å². The Morgan fingerprint density at radius 1 is 1.03 bits per heavy atom. The van der Waals surface area contributed by atoms with Crippen molar-refractivity contribution in [3.63, 3.8) is 0 Å². The molecule has 8 heteroatoms. The standard InChI is InChI=1S/C21H23F5N2O/c1-20(22,23)17-10-11-19(29-21(24,25)26)16(13-17)14-27-28-12-6-5-9-18(28)15-7-3-2-4-8-15/h2-4,7-8,10-11,13,18,27H,5-6,9,12,14H2,1H3. The van der Waals surface area contributed by atoms with Crippen molar-refractivity contribution in [3.8, 4) is 5.75 Å². The summed E-state index contributed by atoms with van der Waals surface area (Å²) in [6.45, 7) is 1.36. The smallest absolute Gasteiger partial charge is 0.405 e. The summed E-state index contributed by atoms with van der Waals surface area (Å²) in [5, 5.41) is 1.97. The van der Waals surface area contributed by atoms with Crippen molar-refractivity contribution in [1.82, 2.24) is 10.4 Å². The summed E-state index contributed by atoms with van der Waals surface area (Å²) in [5.74, 6) is -3.64. The zero-order chi connectivity index (χ0) is 21.1. The third-order valence-corrected chi connectivity index (χ3v) is 4.95. The van der Waals surface area contributed by atoms with Gasteiger partial charge < -0.3 is 4.74 Å². The fraction of sp³-hybridized carbons (Fsp3) is 0.429. The van der Waals surface area contributed by atoms with Crippen LogP contribution in [0.2, 0.25) is 0 Å². The number of alkyl halides is 5. The van der Waals surface area contributed by atoms with Crippen LogP contribution in [0.3, 0.4) is 0 Å². The van der Waals surface area contributed by atoms with Gasteiger partial charge in [0.2, 0.25) is 0 Å². The van der Waals surface area contributed by atoms with Gasteiger partial charge in [0.15, 0.2) is 0 Å². The van der Waals surface area contributed by atoms with E-state index in [0.29, 0.717) is 13.5 Å². The number of benzene rings is 2. The molecule has 1 heterocycles. The summed E-state index contributed by atoms with van der Waals surface area (Å²) >= 11 is 0. The van der Waals surface area contributed by atoms with Gasteiger partial charge in [0.1, 0.15) is 5.75 Å². The van der Waals surface area contributed by atoms with Crippen molar-refractivity contribution in [1.29, 1.82) is 0 Å². The average molecular weight is 414 g/mol. The van der Waals surface area contributed by atoms with E-state index >= 15 is 0 Å². The van der Waals surface area contributed by atoms with Gasteiger partial charge in [-0.05, 0) is 36.6 Å². The molecule has 1 aliphatic rings. The van der Waals surface area contributed by atoms with Gasteiger partial charge in [0, 0.05) is 37.2 Å². The number of hydrogen-bond donors (Lipinski definition) is 1. The lowest BCUT2D eigenvalue weighted by Crippen LogP contribution is -2.43. The minimum absolute atomic E-state index is 0.0266. The predicted molar refractivity (Wildman–Crippen MR) is 99.3 cm³/mol. The monoisotopic (exact) mass is 414 g/mol. The highest BCUT2D eigenvalue weighted by atomic mass is 19.4. The van der Waals surface area contributed by atoms with E-state index in [9.17, 15) is 22.0 Å². The van der Waals surface area contributed by atoms with Crippen LogP contribution in [0.1, 0.15) is 48.9 Å². The maximum atomic E-state index is 13.7. The van der Waals surface area contributed by atoms with Crippen LogP contribution in [0.25, 0.3) is 0 Å². The predicted octanol–water partition coefficient (Wildman–Crippen LogP) is 5.93. The highest BCUT2D eigenvalue weighted by Gasteiger charge is 2.33. The topological polar surface area (TPSA) is 24.5 Å². The van der Waals surface area contributed by atoms with Gasteiger partial charge in [-0.25, -0.2) is 13.8 Å². The number of hydrogen-bond acceptors (Lipinski definition) is 3. The van der Waals surface area contributed by atoms with Crippen molar-refractivity contribution in [2.24, 2.45) is 0 Å². The van der Waals surface area contributed by atoms with E-state index in [1.165, 1.54) is 0 Å². The van der Waals surface area contributed by atoms with Gasteiger partial charge in [-0.15, -0.1) is 13.2 Å². The van der Waals surface area contributed by atoms with Crippen LogP contribution in [0.5, 0.6) is 5.75 Å². The molecule has 1 atom stereocenters. The second-order valence-corrected chi connectivity index (χ2v) is 7.21. The molecular weight excluding hydrogens is 391 g/mol. The van der Waals surface area contributed by atoms with Crippen LogP contribution < -0.4 is 10.2 Å². The summed E-state index contributed by atoms with van der Waals surface area (Å²) in [7, 11) is 0. The molecule has 1 saturated heterocycles. The van der Waals surface area contributed by atoms with Gasteiger partial charge in [-0.2, -0.15) is 0 Å². The Kier molecular flexibility index (Phi) is 6.43. The Labute approximate surface area is 166 Å². The summed E-state index contributed by atoms with van der Waals surface area (Å²) in [5.41, 5.74) is 3.90. The summed E-state index contributed by atoms with van der Waals surface area (Å²) in [6.07, 6.45) is -2.02. The fourth-order valence-electron chi connectivity index (χ4n) is 3.54. The molecule has 1 aliphatic heterocycles. The molecule has 0 amide bonds. The molecule has 0 spiro atoms. The SMILES string of the molecule is CC(F)(F)c1ccc(OC(F)(F)F)c(CNN2CCCCC2c2ccccc2)c1. The Bertz CT molecular complexity index is 805. The molecule has 3 nitrogen and oxygen atoms in total. The molecule has 3 rings (SSSR count). The molecule has 0 bridgehead atoms. The van der Waals surface area contributed by atoms with Crippen molar-refractivity contribution in [3.05, 3.63) is 65.2 Å². The van der Waals surface area contributed by atoms with Crippen molar-refractivity contribution in [2.45, 2.75) is 51.1 Å². The van der Waals surface area contributed by atoms with Crippen LogP contribution in [0, 0.1) is 0 Å². The molecule has 0 radical (unpaired) electrons. The minimum atomic E-state index is -4.90. The van der Waals surface area contributed by atoms with Gasteiger partial charge in [0.05, 0.1) is 0 Å². The zero-order valence-electron chi connectivity index (χ0n) is 16.0. The Balaban J connectivity index is 1.81. The summed E-state index contributed by atoms with van der Waals surface area (Å²) in [4.78, 5) is 0. The largest absolute Gasteiger partial charge is 0.573 e. The van der Waals surface area contributed by atoms with Gasteiger partial charge in [-0.3, -0.25) is 5.43 Å². The molecule has 0 aromatic heterocycles. The van der Waals surface area contributed by atoms with E-state index in [1.807, 2.05) is 35.3 Å². The molecule has 2 aromatic carbocycles. The second kappa shape index (κ2) is 8.67. The van der Waals surface area contributed by atoms with E-state index in [2.05, 4.69) is 10.2 Å².